The SMILES string of the molecule is COC(=O)c1csc(CNC(=O)c2[nH]ncc2N)n1. The fourth-order valence-electron chi connectivity index (χ4n) is 1.31. The first-order valence-corrected chi connectivity index (χ1v) is 6.09. The van der Waals surface area contributed by atoms with Gasteiger partial charge in [0.2, 0.25) is 0 Å². The first-order chi connectivity index (χ1) is 9.11. The summed E-state index contributed by atoms with van der Waals surface area (Å²) in [5.41, 5.74) is 6.23. The number of ether oxygens (including phenoxy) is 1. The number of H-pyrrole nitrogens is 1. The fraction of sp³-hybridized carbons (Fsp3) is 0.200. The van der Waals surface area contributed by atoms with E-state index in [4.69, 9.17) is 5.73 Å². The summed E-state index contributed by atoms with van der Waals surface area (Å²) in [7, 11) is 1.28. The van der Waals surface area contributed by atoms with E-state index in [1.807, 2.05) is 0 Å². The van der Waals surface area contributed by atoms with Crippen molar-refractivity contribution in [2.75, 3.05) is 12.8 Å². The molecule has 0 radical (unpaired) electrons. The largest absolute Gasteiger partial charge is 0.464 e. The van der Waals surface area contributed by atoms with Gasteiger partial charge >= 0.3 is 5.97 Å². The number of methoxy groups -OCH3 is 1. The van der Waals surface area contributed by atoms with E-state index in [0.29, 0.717) is 5.01 Å². The van der Waals surface area contributed by atoms with Gasteiger partial charge in [-0.25, -0.2) is 9.78 Å². The van der Waals surface area contributed by atoms with Crippen LogP contribution in [0, 0.1) is 0 Å². The predicted octanol–water partition coefficient (Wildman–Crippen LogP) is 0.165. The van der Waals surface area contributed by atoms with Gasteiger partial charge in [0, 0.05) is 5.38 Å². The zero-order valence-corrected chi connectivity index (χ0v) is 10.8. The molecule has 0 atom stereocenters. The third kappa shape index (κ3) is 2.88. The van der Waals surface area contributed by atoms with Crippen LogP contribution >= 0.6 is 11.3 Å². The number of amides is 1. The minimum atomic E-state index is -0.508. The number of carbonyl (C=O) groups is 2. The van der Waals surface area contributed by atoms with Gasteiger partial charge in [0.1, 0.15) is 10.7 Å². The molecular formula is C10H11N5O3S. The second kappa shape index (κ2) is 5.48. The molecule has 0 aliphatic rings. The van der Waals surface area contributed by atoms with Crippen LogP contribution in [0.5, 0.6) is 0 Å². The van der Waals surface area contributed by atoms with Crippen molar-refractivity contribution in [1.29, 1.82) is 0 Å². The summed E-state index contributed by atoms with van der Waals surface area (Å²) in [4.78, 5) is 26.9. The van der Waals surface area contributed by atoms with Crippen LogP contribution < -0.4 is 11.1 Å². The highest BCUT2D eigenvalue weighted by Crippen LogP contribution is 2.11. The van der Waals surface area contributed by atoms with E-state index in [2.05, 4.69) is 25.2 Å². The Morgan fingerprint density at radius 3 is 3.00 bits per heavy atom. The van der Waals surface area contributed by atoms with E-state index in [1.165, 1.54) is 24.6 Å². The number of aromatic amines is 1. The lowest BCUT2D eigenvalue weighted by Crippen LogP contribution is -2.24. The summed E-state index contributed by atoms with van der Waals surface area (Å²) in [6.45, 7) is 0.193. The van der Waals surface area contributed by atoms with E-state index in [1.54, 1.807) is 5.38 Å². The van der Waals surface area contributed by atoms with Gasteiger partial charge < -0.3 is 15.8 Å². The van der Waals surface area contributed by atoms with Crippen LogP contribution in [0.25, 0.3) is 0 Å². The number of nitrogens with two attached hydrogens (primary N) is 1. The van der Waals surface area contributed by atoms with Gasteiger partial charge in [0.05, 0.1) is 25.5 Å². The maximum Gasteiger partial charge on any atom is 0.357 e. The number of nitrogens with one attached hydrogen (secondary N) is 2. The van der Waals surface area contributed by atoms with Crippen molar-refractivity contribution in [2.45, 2.75) is 6.54 Å². The monoisotopic (exact) mass is 281 g/mol. The van der Waals surface area contributed by atoms with Gasteiger partial charge in [-0.05, 0) is 0 Å². The molecule has 8 nitrogen and oxygen atoms in total. The number of rotatable bonds is 4. The molecule has 2 aromatic rings. The molecule has 0 saturated carbocycles. The molecule has 2 rings (SSSR count). The van der Waals surface area contributed by atoms with Crippen LogP contribution in [-0.2, 0) is 11.3 Å². The maximum absolute atomic E-state index is 11.7. The minimum absolute atomic E-state index is 0.193. The summed E-state index contributed by atoms with van der Waals surface area (Å²) in [6.07, 6.45) is 1.35. The second-order valence-electron chi connectivity index (χ2n) is 3.50. The zero-order chi connectivity index (χ0) is 13.8. The summed E-state index contributed by atoms with van der Waals surface area (Å²) < 4.78 is 4.54. The fourth-order valence-corrected chi connectivity index (χ4v) is 2.02. The number of nitrogens with zero attached hydrogens (tertiary/aromatic N) is 2. The molecule has 19 heavy (non-hydrogen) atoms. The van der Waals surface area contributed by atoms with Gasteiger partial charge in [-0.15, -0.1) is 11.3 Å². The van der Waals surface area contributed by atoms with Crippen molar-refractivity contribution in [2.24, 2.45) is 0 Å². The Balaban J connectivity index is 1.96. The third-order valence-electron chi connectivity index (χ3n) is 2.24. The first-order valence-electron chi connectivity index (χ1n) is 5.21. The lowest BCUT2D eigenvalue weighted by atomic mass is 10.3. The Morgan fingerprint density at radius 1 is 1.58 bits per heavy atom. The quantitative estimate of drug-likeness (QED) is 0.686. The molecule has 0 bridgehead atoms. The number of hydrogen-bond donors (Lipinski definition) is 3. The van der Waals surface area contributed by atoms with Gasteiger partial charge in [-0.3, -0.25) is 9.89 Å². The Hall–Kier alpha value is -2.42. The van der Waals surface area contributed by atoms with Crippen LogP contribution in [0.1, 0.15) is 26.0 Å². The number of thiazole rings is 1. The van der Waals surface area contributed by atoms with Gasteiger partial charge in [0.15, 0.2) is 5.69 Å². The molecule has 0 aromatic carbocycles. The maximum atomic E-state index is 11.7. The average Bonchev–Trinajstić information content (AvgIpc) is 3.04. The number of hydrogen-bond acceptors (Lipinski definition) is 7. The molecule has 0 spiro atoms. The minimum Gasteiger partial charge on any atom is -0.464 e. The van der Waals surface area contributed by atoms with Crippen molar-refractivity contribution in [3.63, 3.8) is 0 Å². The lowest BCUT2D eigenvalue weighted by molar-refractivity contribution is 0.0594. The van der Waals surface area contributed by atoms with E-state index >= 15 is 0 Å². The molecule has 0 aliphatic carbocycles. The van der Waals surface area contributed by atoms with Crippen molar-refractivity contribution < 1.29 is 14.3 Å². The zero-order valence-electron chi connectivity index (χ0n) is 9.97. The van der Waals surface area contributed by atoms with E-state index in [-0.39, 0.29) is 29.5 Å². The Morgan fingerprint density at radius 2 is 2.37 bits per heavy atom. The molecule has 2 heterocycles. The highest BCUT2D eigenvalue weighted by Gasteiger charge is 2.14. The predicted molar refractivity (Wildman–Crippen MR) is 67.6 cm³/mol. The van der Waals surface area contributed by atoms with E-state index < -0.39 is 5.97 Å². The number of anilines is 1. The van der Waals surface area contributed by atoms with Crippen LogP contribution in [-0.4, -0.2) is 34.2 Å². The van der Waals surface area contributed by atoms with Crippen molar-refractivity contribution in [3.8, 4) is 0 Å². The first kappa shape index (κ1) is 13.0. The summed E-state index contributed by atoms with van der Waals surface area (Å²) in [5.74, 6) is -0.892. The molecule has 100 valence electrons. The molecule has 2 aromatic heterocycles. The van der Waals surface area contributed by atoms with Gasteiger partial charge in [-0.2, -0.15) is 5.10 Å². The second-order valence-corrected chi connectivity index (χ2v) is 4.44. The number of esters is 1. The van der Waals surface area contributed by atoms with Crippen LogP contribution in [0.4, 0.5) is 5.69 Å². The van der Waals surface area contributed by atoms with Crippen LogP contribution in [0.2, 0.25) is 0 Å². The number of aromatic nitrogens is 3. The summed E-state index contributed by atoms with van der Waals surface area (Å²) >= 11 is 1.25. The Labute approximate surface area is 112 Å². The van der Waals surface area contributed by atoms with Gasteiger partial charge in [-0.1, -0.05) is 0 Å². The van der Waals surface area contributed by atoms with Gasteiger partial charge in [0.25, 0.3) is 5.91 Å². The molecule has 1 amide bonds. The Kier molecular flexibility index (Phi) is 3.76. The summed E-state index contributed by atoms with van der Waals surface area (Å²) in [5, 5.41) is 10.9. The van der Waals surface area contributed by atoms with Crippen molar-refractivity contribution in [3.05, 3.63) is 28.0 Å². The van der Waals surface area contributed by atoms with E-state index in [9.17, 15) is 9.59 Å². The molecular weight excluding hydrogens is 270 g/mol. The highest BCUT2D eigenvalue weighted by molar-refractivity contribution is 7.09. The van der Waals surface area contributed by atoms with Crippen molar-refractivity contribution in [1.82, 2.24) is 20.5 Å². The molecule has 0 saturated heterocycles. The topological polar surface area (TPSA) is 123 Å². The van der Waals surface area contributed by atoms with Crippen molar-refractivity contribution >= 4 is 28.9 Å². The summed E-state index contributed by atoms with van der Waals surface area (Å²) in [6, 6.07) is 0. The highest BCUT2D eigenvalue weighted by atomic mass is 32.1. The Bertz CT molecular complexity index is 606. The lowest BCUT2D eigenvalue weighted by Gasteiger charge is -2.01. The van der Waals surface area contributed by atoms with Crippen LogP contribution in [0.15, 0.2) is 11.6 Å². The normalized spacial score (nSPS) is 10.2. The smallest absolute Gasteiger partial charge is 0.357 e. The molecule has 0 unspecified atom stereocenters. The number of nitrogen functional groups attached to an aromatic ring is 1. The molecule has 0 aliphatic heterocycles. The van der Waals surface area contributed by atoms with E-state index in [0.717, 1.165) is 0 Å². The third-order valence-corrected chi connectivity index (χ3v) is 3.09. The number of carbonyl (C=O) groups excluding carboxylic acids is 2. The molecule has 9 heteroatoms. The molecule has 0 fully saturated rings. The molecule has 4 N–H and O–H groups in total. The standard InChI is InChI=1S/C10H11N5O3S/c1-18-10(17)6-4-19-7(14-6)3-12-9(16)8-5(11)2-13-15-8/h2,4H,3,11H2,1H3,(H,12,16)(H,13,15). The average molecular weight is 281 g/mol. The van der Waals surface area contributed by atoms with Crippen LogP contribution in [0.3, 0.4) is 0 Å².